The lowest BCUT2D eigenvalue weighted by atomic mass is 10.2. The number of nitrogens with one attached hydrogen (secondary N) is 1. The van der Waals surface area contributed by atoms with Crippen molar-refractivity contribution in [2.24, 2.45) is 0 Å². The minimum absolute atomic E-state index is 0.128. The van der Waals surface area contributed by atoms with Crippen molar-refractivity contribution in [3.05, 3.63) is 59.7 Å². The van der Waals surface area contributed by atoms with E-state index in [9.17, 15) is 0 Å². The quantitative estimate of drug-likeness (QED) is 0.837. The molecule has 0 amide bonds. The summed E-state index contributed by atoms with van der Waals surface area (Å²) in [7, 11) is 0. The fourth-order valence-electron chi connectivity index (χ4n) is 2.09. The van der Waals surface area contributed by atoms with E-state index in [-0.39, 0.29) is 6.10 Å². The van der Waals surface area contributed by atoms with Crippen molar-refractivity contribution in [3.63, 3.8) is 0 Å². The summed E-state index contributed by atoms with van der Waals surface area (Å²) in [6.07, 6.45) is 1.19. The monoisotopic (exact) mass is 269 g/mol. The Hall–Kier alpha value is -1.96. The van der Waals surface area contributed by atoms with Gasteiger partial charge in [-0.3, -0.25) is 0 Å². The van der Waals surface area contributed by atoms with Gasteiger partial charge in [0.15, 0.2) is 0 Å². The van der Waals surface area contributed by atoms with Gasteiger partial charge in [0, 0.05) is 5.69 Å². The van der Waals surface area contributed by atoms with Crippen LogP contribution < -0.4 is 10.1 Å². The molecule has 0 unspecified atom stereocenters. The molecule has 0 radical (unpaired) electrons. The summed E-state index contributed by atoms with van der Waals surface area (Å²) in [5.74, 6) is 0.931. The SMILES string of the molecule is CCc1ccc(O[C@@H](C)CNc2cccc(C)c2)cc1. The Morgan fingerprint density at radius 3 is 2.50 bits per heavy atom. The van der Waals surface area contributed by atoms with Crippen LogP contribution in [0.3, 0.4) is 0 Å². The van der Waals surface area contributed by atoms with Gasteiger partial charge in [0.05, 0.1) is 6.54 Å². The number of ether oxygens (including phenoxy) is 1. The van der Waals surface area contributed by atoms with Crippen molar-refractivity contribution in [1.29, 1.82) is 0 Å². The van der Waals surface area contributed by atoms with Gasteiger partial charge >= 0.3 is 0 Å². The lowest BCUT2D eigenvalue weighted by molar-refractivity contribution is 0.234. The Kier molecular flexibility index (Phi) is 5.05. The van der Waals surface area contributed by atoms with Crippen molar-refractivity contribution in [3.8, 4) is 5.75 Å². The third-order valence-electron chi connectivity index (χ3n) is 3.28. The predicted molar refractivity (Wildman–Crippen MR) is 85.6 cm³/mol. The Balaban J connectivity index is 1.84. The lowest BCUT2D eigenvalue weighted by Gasteiger charge is -2.16. The number of rotatable bonds is 6. The van der Waals surface area contributed by atoms with Crippen molar-refractivity contribution < 1.29 is 4.74 Å². The molecule has 2 aromatic carbocycles. The van der Waals surface area contributed by atoms with Crippen LogP contribution in [0.2, 0.25) is 0 Å². The fraction of sp³-hybridized carbons (Fsp3) is 0.333. The second kappa shape index (κ2) is 6.99. The van der Waals surface area contributed by atoms with E-state index in [4.69, 9.17) is 4.74 Å². The third kappa shape index (κ3) is 4.30. The van der Waals surface area contributed by atoms with Crippen LogP contribution in [0, 0.1) is 6.92 Å². The summed E-state index contributed by atoms with van der Waals surface area (Å²) >= 11 is 0. The highest BCUT2D eigenvalue weighted by Gasteiger charge is 2.04. The average molecular weight is 269 g/mol. The molecule has 0 saturated heterocycles. The normalized spacial score (nSPS) is 11.9. The van der Waals surface area contributed by atoms with Crippen molar-refractivity contribution >= 4 is 5.69 Å². The molecular formula is C18H23NO. The summed E-state index contributed by atoms with van der Waals surface area (Å²) in [4.78, 5) is 0. The van der Waals surface area contributed by atoms with Crippen LogP contribution in [0.1, 0.15) is 25.0 Å². The first kappa shape index (κ1) is 14.4. The van der Waals surface area contributed by atoms with Gasteiger partial charge in [0.2, 0.25) is 0 Å². The van der Waals surface area contributed by atoms with Crippen LogP contribution in [0.25, 0.3) is 0 Å². The topological polar surface area (TPSA) is 21.3 Å². The largest absolute Gasteiger partial charge is 0.489 e. The molecule has 2 aromatic rings. The first-order valence-electron chi connectivity index (χ1n) is 7.23. The Labute approximate surface area is 121 Å². The van der Waals surface area contributed by atoms with E-state index in [1.807, 2.05) is 12.1 Å². The standard InChI is InChI=1S/C18H23NO/c1-4-16-8-10-18(11-9-16)20-15(3)13-19-17-7-5-6-14(2)12-17/h5-12,15,19H,4,13H2,1-3H3/t15-/m0/s1. The van der Waals surface area contributed by atoms with Gasteiger partial charge in [-0.05, 0) is 55.7 Å². The molecular weight excluding hydrogens is 246 g/mol. The van der Waals surface area contributed by atoms with Gasteiger partial charge in [0.1, 0.15) is 11.9 Å². The zero-order valence-electron chi connectivity index (χ0n) is 12.5. The number of benzene rings is 2. The van der Waals surface area contributed by atoms with Crippen LogP contribution in [-0.2, 0) is 6.42 Å². The van der Waals surface area contributed by atoms with Gasteiger partial charge in [-0.25, -0.2) is 0 Å². The zero-order chi connectivity index (χ0) is 14.4. The van der Waals surface area contributed by atoms with Crippen LogP contribution in [0.4, 0.5) is 5.69 Å². The van der Waals surface area contributed by atoms with E-state index in [1.54, 1.807) is 0 Å². The Bertz CT molecular complexity index is 533. The van der Waals surface area contributed by atoms with Crippen LogP contribution in [0.15, 0.2) is 48.5 Å². The molecule has 0 fully saturated rings. The molecule has 0 spiro atoms. The fourth-order valence-corrected chi connectivity index (χ4v) is 2.09. The summed E-state index contributed by atoms with van der Waals surface area (Å²) < 4.78 is 5.90. The van der Waals surface area contributed by atoms with E-state index in [0.29, 0.717) is 0 Å². The molecule has 0 saturated carbocycles. The average Bonchev–Trinajstić information content (AvgIpc) is 2.46. The van der Waals surface area contributed by atoms with Gasteiger partial charge in [-0.1, -0.05) is 31.2 Å². The maximum absolute atomic E-state index is 5.90. The van der Waals surface area contributed by atoms with E-state index in [1.165, 1.54) is 11.1 Å². The molecule has 106 valence electrons. The highest BCUT2D eigenvalue weighted by Crippen LogP contribution is 2.15. The minimum Gasteiger partial charge on any atom is -0.489 e. The summed E-state index contributed by atoms with van der Waals surface area (Å²) in [5.41, 5.74) is 3.74. The molecule has 1 atom stereocenters. The second-order valence-electron chi connectivity index (χ2n) is 5.18. The van der Waals surface area contributed by atoms with E-state index in [2.05, 4.69) is 62.5 Å². The summed E-state index contributed by atoms with van der Waals surface area (Å²) in [6, 6.07) is 16.7. The molecule has 0 bridgehead atoms. The number of hydrogen-bond acceptors (Lipinski definition) is 2. The van der Waals surface area contributed by atoms with Gasteiger partial charge in [-0.15, -0.1) is 0 Å². The molecule has 0 aromatic heterocycles. The molecule has 1 N–H and O–H groups in total. The number of hydrogen-bond donors (Lipinski definition) is 1. The minimum atomic E-state index is 0.128. The Morgan fingerprint density at radius 1 is 1.10 bits per heavy atom. The molecule has 2 nitrogen and oxygen atoms in total. The van der Waals surface area contributed by atoms with Crippen LogP contribution in [-0.4, -0.2) is 12.6 Å². The summed E-state index contributed by atoms with van der Waals surface area (Å²) in [6.45, 7) is 7.13. The van der Waals surface area contributed by atoms with Crippen LogP contribution in [0.5, 0.6) is 5.75 Å². The van der Waals surface area contributed by atoms with E-state index in [0.717, 1.165) is 24.4 Å². The third-order valence-corrected chi connectivity index (χ3v) is 3.28. The van der Waals surface area contributed by atoms with Crippen molar-refractivity contribution in [1.82, 2.24) is 0 Å². The van der Waals surface area contributed by atoms with Gasteiger partial charge < -0.3 is 10.1 Å². The van der Waals surface area contributed by atoms with Gasteiger partial charge in [-0.2, -0.15) is 0 Å². The highest BCUT2D eigenvalue weighted by molar-refractivity contribution is 5.45. The number of aryl methyl sites for hydroxylation is 2. The first-order valence-corrected chi connectivity index (χ1v) is 7.23. The number of anilines is 1. The Morgan fingerprint density at radius 2 is 1.85 bits per heavy atom. The van der Waals surface area contributed by atoms with Gasteiger partial charge in [0.25, 0.3) is 0 Å². The molecule has 0 aliphatic heterocycles. The highest BCUT2D eigenvalue weighted by atomic mass is 16.5. The first-order chi connectivity index (χ1) is 9.67. The predicted octanol–water partition coefficient (Wildman–Crippen LogP) is 4.44. The second-order valence-corrected chi connectivity index (χ2v) is 5.18. The van der Waals surface area contributed by atoms with Crippen molar-refractivity contribution in [2.75, 3.05) is 11.9 Å². The molecule has 0 aliphatic rings. The molecule has 0 aliphatic carbocycles. The maximum Gasteiger partial charge on any atom is 0.119 e. The van der Waals surface area contributed by atoms with Crippen molar-refractivity contribution in [2.45, 2.75) is 33.3 Å². The lowest BCUT2D eigenvalue weighted by Crippen LogP contribution is -2.22. The smallest absolute Gasteiger partial charge is 0.119 e. The summed E-state index contributed by atoms with van der Waals surface area (Å²) in [5, 5.41) is 3.40. The van der Waals surface area contributed by atoms with Crippen LogP contribution >= 0.6 is 0 Å². The zero-order valence-corrected chi connectivity index (χ0v) is 12.5. The molecule has 20 heavy (non-hydrogen) atoms. The molecule has 2 rings (SSSR count). The molecule has 0 heterocycles. The van der Waals surface area contributed by atoms with E-state index >= 15 is 0 Å². The maximum atomic E-state index is 5.90. The van der Waals surface area contributed by atoms with E-state index < -0.39 is 0 Å². The molecule has 2 heteroatoms.